The summed E-state index contributed by atoms with van der Waals surface area (Å²) >= 11 is 6.56. The number of fused-ring (bicyclic) bond motifs is 1. The third-order valence-corrected chi connectivity index (χ3v) is 17.3. The third-order valence-electron chi connectivity index (χ3n) is 14.7. The zero-order valence-electron chi connectivity index (χ0n) is 45.8. The van der Waals surface area contributed by atoms with Crippen molar-refractivity contribution in [2.24, 2.45) is 0 Å². The van der Waals surface area contributed by atoms with E-state index in [2.05, 4.69) is 43.6 Å². The van der Waals surface area contributed by atoms with E-state index in [4.69, 9.17) is 45.0 Å². The van der Waals surface area contributed by atoms with Gasteiger partial charge in [0.15, 0.2) is 9.84 Å². The molecule has 432 valence electrons. The van der Waals surface area contributed by atoms with E-state index in [0.29, 0.717) is 132 Å². The number of ether oxygens (including phenoxy) is 6. The van der Waals surface area contributed by atoms with Gasteiger partial charge in [0.1, 0.15) is 17.6 Å². The summed E-state index contributed by atoms with van der Waals surface area (Å²) in [7, 11) is -1.84. The minimum absolute atomic E-state index is 0.0551. The van der Waals surface area contributed by atoms with E-state index in [1.807, 2.05) is 11.0 Å². The van der Waals surface area contributed by atoms with Gasteiger partial charge in [0, 0.05) is 100 Å². The second-order valence-corrected chi connectivity index (χ2v) is 23.1. The van der Waals surface area contributed by atoms with Crippen molar-refractivity contribution in [1.82, 2.24) is 30.0 Å². The molecule has 5 amide bonds. The number of carbonyl (C=O) groups is 5. The highest BCUT2D eigenvalue weighted by molar-refractivity contribution is 7.92. The summed E-state index contributed by atoms with van der Waals surface area (Å²) in [5, 5.41) is 5.16. The van der Waals surface area contributed by atoms with Gasteiger partial charge in [-0.2, -0.15) is 0 Å². The molecule has 1 atom stereocenters. The largest absolute Gasteiger partial charge is 0.496 e. The average Bonchev–Trinajstić information content (AvgIpc) is 3.91. The lowest BCUT2D eigenvalue weighted by molar-refractivity contribution is -0.136. The van der Waals surface area contributed by atoms with Crippen LogP contribution < -0.4 is 20.3 Å². The number of nitrogens with zero attached hydrogens (tertiary/aromatic N) is 6. The van der Waals surface area contributed by atoms with E-state index in [-0.39, 0.29) is 41.2 Å². The highest BCUT2D eigenvalue weighted by Crippen LogP contribution is 2.34. The summed E-state index contributed by atoms with van der Waals surface area (Å²) in [6.07, 6.45) is 4.76. The molecule has 8 rings (SSSR count). The van der Waals surface area contributed by atoms with Crippen LogP contribution in [-0.4, -0.2) is 199 Å². The molecular formula is C57H73ClN8O13S. The molecule has 21 nitrogen and oxygen atoms in total. The maximum Gasteiger partial charge on any atom is 0.264 e. The van der Waals surface area contributed by atoms with E-state index in [0.717, 1.165) is 60.9 Å². The predicted molar refractivity (Wildman–Crippen MR) is 298 cm³/mol. The van der Waals surface area contributed by atoms with Crippen LogP contribution in [-0.2, 0) is 60.7 Å². The number of methoxy groups -OCH3 is 1. The van der Waals surface area contributed by atoms with E-state index in [1.54, 1.807) is 63.6 Å². The van der Waals surface area contributed by atoms with Crippen LogP contribution >= 0.6 is 11.6 Å². The number of sulfone groups is 1. The van der Waals surface area contributed by atoms with Crippen molar-refractivity contribution in [3.63, 3.8) is 0 Å². The molecule has 4 aromatic rings. The molecule has 4 aliphatic heterocycles. The quantitative estimate of drug-likeness (QED) is 0.0558. The third kappa shape index (κ3) is 15.5. The number of aromatic nitrogens is 2. The Morgan fingerprint density at radius 3 is 2.09 bits per heavy atom. The molecule has 2 N–H and O–H groups in total. The normalized spacial score (nSPS) is 17.4. The van der Waals surface area contributed by atoms with Crippen molar-refractivity contribution in [3.05, 3.63) is 106 Å². The summed E-state index contributed by atoms with van der Waals surface area (Å²) in [5.74, 6) is -0.796. The molecule has 0 spiro atoms. The Balaban J connectivity index is 0.624. The molecule has 0 radical (unpaired) electrons. The molecule has 0 bridgehead atoms. The lowest BCUT2D eigenvalue weighted by Crippen LogP contribution is -2.54. The zero-order valence-corrected chi connectivity index (χ0v) is 47.4. The summed E-state index contributed by atoms with van der Waals surface area (Å²) in [6.45, 7) is 12.4. The van der Waals surface area contributed by atoms with Crippen molar-refractivity contribution in [2.45, 2.75) is 81.0 Å². The second-order valence-electron chi connectivity index (χ2n) is 20.2. The monoisotopic (exact) mass is 1140 g/mol. The number of imide groups is 2. The number of hydrogen-bond donors (Lipinski definition) is 2. The number of piperazine rings is 1. The zero-order chi connectivity index (χ0) is 56.6. The Hall–Kier alpha value is -6.11. The molecule has 0 aliphatic carbocycles. The van der Waals surface area contributed by atoms with Gasteiger partial charge in [-0.05, 0) is 62.9 Å². The molecule has 5 heterocycles. The smallest absolute Gasteiger partial charge is 0.264 e. The number of amides is 5. The number of nitrogens with one attached hydrogen (secondary N) is 2. The highest BCUT2D eigenvalue weighted by Gasteiger charge is 2.45. The van der Waals surface area contributed by atoms with Gasteiger partial charge in [0.25, 0.3) is 11.8 Å². The summed E-state index contributed by atoms with van der Waals surface area (Å²) in [6, 6.07) is 17.6. The number of carbonyl (C=O) groups excluding carboxylic acids is 5. The van der Waals surface area contributed by atoms with Gasteiger partial charge in [0.2, 0.25) is 17.7 Å². The van der Waals surface area contributed by atoms with E-state index < -0.39 is 44.8 Å². The molecule has 80 heavy (non-hydrogen) atoms. The number of piperidine rings is 2. The Kier molecular flexibility index (Phi) is 21.8. The van der Waals surface area contributed by atoms with Gasteiger partial charge in [-0.15, -0.1) is 0 Å². The molecule has 3 aromatic carbocycles. The van der Waals surface area contributed by atoms with Crippen molar-refractivity contribution >= 4 is 62.3 Å². The van der Waals surface area contributed by atoms with E-state index in [9.17, 15) is 32.4 Å². The Bertz CT molecular complexity index is 2920. The van der Waals surface area contributed by atoms with Crippen LogP contribution in [0.15, 0.2) is 71.8 Å². The van der Waals surface area contributed by atoms with Gasteiger partial charge >= 0.3 is 0 Å². The SMILES string of the molecule is COc1cc(N2CCC(N3CCN(C(=O)CCOCCOCCOCCOCCOCCNc4cccc5c4C(=O)N(C4CCC(=O)NC4=O)C5=O)CC3)CC2)ccc1Cc1ncc(Cl)c(Cc2ccccc2S(=O)(=O)C(C)C)n1. The van der Waals surface area contributed by atoms with Crippen molar-refractivity contribution < 1.29 is 60.8 Å². The number of anilines is 2. The molecule has 23 heteroatoms. The topological polar surface area (TPSA) is 238 Å². The van der Waals surface area contributed by atoms with E-state index >= 15 is 0 Å². The Morgan fingerprint density at radius 2 is 1.43 bits per heavy atom. The fourth-order valence-corrected chi connectivity index (χ4v) is 11.7. The van der Waals surface area contributed by atoms with Crippen LogP contribution in [0.3, 0.4) is 0 Å². The van der Waals surface area contributed by atoms with Gasteiger partial charge in [-0.1, -0.05) is 41.9 Å². The van der Waals surface area contributed by atoms with Crippen LogP contribution in [0.5, 0.6) is 5.75 Å². The predicted octanol–water partition coefficient (Wildman–Crippen LogP) is 4.60. The summed E-state index contributed by atoms with van der Waals surface area (Å²) < 4.78 is 60.2. The molecule has 3 saturated heterocycles. The minimum atomic E-state index is -3.50. The van der Waals surface area contributed by atoms with E-state index in [1.165, 1.54) is 0 Å². The van der Waals surface area contributed by atoms with Gasteiger partial charge in [0.05, 0.1) is 112 Å². The molecule has 3 fully saturated rings. The molecule has 1 unspecified atom stereocenters. The van der Waals surface area contributed by atoms with Crippen LogP contribution in [0.2, 0.25) is 5.02 Å². The van der Waals surface area contributed by atoms with Crippen molar-refractivity contribution in [3.8, 4) is 5.75 Å². The number of benzene rings is 3. The van der Waals surface area contributed by atoms with Crippen LogP contribution in [0.25, 0.3) is 0 Å². The lowest BCUT2D eigenvalue weighted by atomic mass is 10.0. The van der Waals surface area contributed by atoms with Crippen molar-refractivity contribution in [1.29, 1.82) is 0 Å². The van der Waals surface area contributed by atoms with Gasteiger partial charge in [-0.25, -0.2) is 18.4 Å². The first-order valence-corrected chi connectivity index (χ1v) is 29.4. The van der Waals surface area contributed by atoms with Gasteiger partial charge in [-0.3, -0.25) is 39.1 Å². The van der Waals surface area contributed by atoms with Crippen LogP contribution in [0.4, 0.5) is 11.4 Å². The maximum atomic E-state index is 13.2. The fourth-order valence-electron chi connectivity index (χ4n) is 10.3. The summed E-state index contributed by atoms with van der Waals surface area (Å²) in [4.78, 5) is 80.6. The standard InChI is InChI=1S/C57H73ClN8O13S/c1-39(2)80(72,73)50-10-5-4-7-41(50)35-47-45(58)38-60-51(61-47)36-40-11-12-43(37-49(40)74-3)63-19-15-42(16-20-63)64-21-23-65(24-22-64)53(68)17-25-75-27-29-77-31-33-79-34-32-78-30-28-76-26-18-59-46-9-6-8-44-54(46)57(71)66(56(44)70)48-13-14-52(67)62-55(48)69/h4-12,37-39,42,48,59H,13-36H2,1-3H3,(H,62,67,69). The first kappa shape index (κ1) is 60.0. The second kappa shape index (κ2) is 29.0. The maximum absolute atomic E-state index is 13.2. The van der Waals surface area contributed by atoms with Crippen LogP contribution in [0.1, 0.15) is 89.3 Å². The lowest BCUT2D eigenvalue weighted by Gasteiger charge is -2.43. The first-order valence-electron chi connectivity index (χ1n) is 27.5. The first-order chi connectivity index (χ1) is 38.7. The minimum Gasteiger partial charge on any atom is -0.496 e. The number of rotatable bonds is 29. The Morgan fingerprint density at radius 1 is 0.762 bits per heavy atom. The molecule has 0 saturated carbocycles. The molecule has 4 aliphatic rings. The fraction of sp³-hybridized carbons (Fsp3) is 0.526. The summed E-state index contributed by atoms with van der Waals surface area (Å²) in [5.41, 5.74) is 4.10. The molecule has 1 aromatic heterocycles. The van der Waals surface area contributed by atoms with Crippen LogP contribution in [0, 0.1) is 0 Å². The van der Waals surface area contributed by atoms with Crippen molar-refractivity contribution in [2.75, 3.05) is 129 Å². The average molecular weight is 1150 g/mol. The highest BCUT2D eigenvalue weighted by atomic mass is 35.5. The Labute approximate surface area is 472 Å². The van der Waals surface area contributed by atoms with Gasteiger partial charge < -0.3 is 43.5 Å². The number of halogens is 1. The molecular weight excluding hydrogens is 1070 g/mol. The number of hydrogen-bond acceptors (Lipinski definition) is 18.